The molecule has 11 atom stereocenters. The average molecular weight is 471 g/mol. The Morgan fingerprint density at radius 2 is 1.78 bits per heavy atom. The van der Waals surface area contributed by atoms with Crippen LogP contribution in [0.2, 0.25) is 0 Å². The zero-order valence-electron chi connectivity index (χ0n) is 17.0. The summed E-state index contributed by atoms with van der Waals surface area (Å²) >= 11 is 0. The molecule has 1 unspecified atom stereocenters. The molecule has 15 nitrogen and oxygen atoms in total. The summed E-state index contributed by atoms with van der Waals surface area (Å²) < 4.78 is 15.5. The Balaban J connectivity index is 2.42. The van der Waals surface area contributed by atoms with Gasteiger partial charge in [-0.25, -0.2) is 4.79 Å². The lowest BCUT2D eigenvalue weighted by Crippen LogP contribution is -2.70. The topological polar surface area (TPSA) is 256 Å². The molecule has 2 aliphatic rings. The maximum absolute atomic E-state index is 12.1. The number of hydrogen-bond acceptors (Lipinski definition) is 13. The summed E-state index contributed by atoms with van der Waals surface area (Å²) in [6, 6.07) is -1.44. The van der Waals surface area contributed by atoms with Gasteiger partial charge in [0.15, 0.2) is 6.29 Å². The van der Waals surface area contributed by atoms with Gasteiger partial charge in [-0.3, -0.25) is 4.79 Å². The molecule has 0 aromatic carbocycles. The Bertz CT molecular complexity index is 665. The Kier molecular flexibility index (Phi) is 8.88. The number of rotatable bonds is 8. The molecule has 2 fully saturated rings. The van der Waals surface area contributed by atoms with Crippen LogP contribution >= 0.6 is 0 Å². The predicted molar refractivity (Wildman–Crippen MR) is 97.4 cm³/mol. The van der Waals surface area contributed by atoms with E-state index in [-0.39, 0.29) is 0 Å². The molecule has 32 heavy (non-hydrogen) atoms. The molecule has 2 heterocycles. The number of hydrogen-bond donors (Lipinski definition) is 10. The molecule has 2 saturated heterocycles. The molecule has 186 valence electrons. The van der Waals surface area contributed by atoms with Crippen molar-refractivity contribution in [2.45, 2.75) is 80.3 Å². The van der Waals surface area contributed by atoms with E-state index in [2.05, 4.69) is 5.32 Å². The summed E-state index contributed by atoms with van der Waals surface area (Å²) in [5.74, 6) is -5.44. The van der Waals surface area contributed by atoms with E-state index in [9.17, 15) is 50.4 Å². The second-order valence-corrected chi connectivity index (χ2v) is 7.69. The SMILES string of the molecule is CC(=O)N[C@H]1[C@H]([C@H](O)[C@H](O)CO)O[C@](O[C@H]2[C@@H](O)[C@@H](CO)OC(O)[C@@H]2O)(C(=O)O)C[C@@H]1O. The van der Waals surface area contributed by atoms with Gasteiger partial charge in [0.1, 0.15) is 42.7 Å². The van der Waals surface area contributed by atoms with Gasteiger partial charge in [0.25, 0.3) is 5.79 Å². The van der Waals surface area contributed by atoms with Crippen molar-refractivity contribution in [1.29, 1.82) is 0 Å². The van der Waals surface area contributed by atoms with Gasteiger partial charge in [0.2, 0.25) is 5.91 Å². The van der Waals surface area contributed by atoms with Crippen LogP contribution in [-0.2, 0) is 23.8 Å². The van der Waals surface area contributed by atoms with E-state index < -0.39 is 98.5 Å². The minimum Gasteiger partial charge on any atom is -0.477 e. The van der Waals surface area contributed by atoms with Crippen LogP contribution in [0.5, 0.6) is 0 Å². The summed E-state index contributed by atoms with van der Waals surface area (Å²) in [5.41, 5.74) is 0. The number of carboxylic acid groups (broad SMARTS) is 1. The average Bonchev–Trinajstić information content (AvgIpc) is 2.73. The summed E-state index contributed by atoms with van der Waals surface area (Å²) in [7, 11) is 0. The molecule has 10 N–H and O–H groups in total. The van der Waals surface area contributed by atoms with Crippen LogP contribution in [0, 0.1) is 0 Å². The lowest BCUT2D eigenvalue weighted by molar-refractivity contribution is -0.366. The molecular formula is C17H29NO14. The first-order valence-electron chi connectivity index (χ1n) is 9.70. The second kappa shape index (κ2) is 10.6. The highest BCUT2D eigenvalue weighted by molar-refractivity contribution is 5.76. The quantitative estimate of drug-likeness (QED) is 0.158. The molecule has 15 heteroatoms. The van der Waals surface area contributed by atoms with Crippen LogP contribution < -0.4 is 5.32 Å². The van der Waals surface area contributed by atoms with E-state index in [4.69, 9.17) is 19.3 Å². The van der Waals surface area contributed by atoms with Crippen LogP contribution in [0.15, 0.2) is 0 Å². The van der Waals surface area contributed by atoms with E-state index in [1.807, 2.05) is 0 Å². The molecule has 0 aliphatic carbocycles. The number of aliphatic hydroxyl groups excluding tert-OH is 8. The Morgan fingerprint density at radius 3 is 2.28 bits per heavy atom. The van der Waals surface area contributed by atoms with Crippen molar-refractivity contribution in [3.8, 4) is 0 Å². The number of carboxylic acids is 1. The molecule has 0 bridgehead atoms. The number of ether oxygens (including phenoxy) is 3. The molecule has 0 spiro atoms. The van der Waals surface area contributed by atoms with E-state index in [1.54, 1.807) is 0 Å². The lowest BCUT2D eigenvalue weighted by atomic mass is 9.88. The Hall–Kier alpha value is -1.50. The van der Waals surface area contributed by atoms with Gasteiger partial charge < -0.3 is 65.5 Å². The van der Waals surface area contributed by atoms with Crippen molar-refractivity contribution in [3.63, 3.8) is 0 Å². The van der Waals surface area contributed by atoms with Gasteiger partial charge in [-0.15, -0.1) is 0 Å². The van der Waals surface area contributed by atoms with E-state index in [0.29, 0.717) is 0 Å². The first kappa shape index (κ1) is 26.7. The van der Waals surface area contributed by atoms with Crippen LogP contribution in [0.1, 0.15) is 13.3 Å². The fraction of sp³-hybridized carbons (Fsp3) is 0.882. The highest BCUT2D eigenvalue weighted by Crippen LogP contribution is 2.37. The molecular weight excluding hydrogens is 442 g/mol. The smallest absolute Gasteiger partial charge is 0.364 e. The van der Waals surface area contributed by atoms with Gasteiger partial charge in [-0.05, 0) is 0 Å². The third kappa shape index (κ3) is 5.35. The number of carbonyl (C=O) groups is 2. The van der Waals surface area contributed by atoms with Gasteiger partial charge in [0, 0.05) is 13.3 Å². The fourth-order valence-electron chi connectivity index (χ4n) is 3.67. The molecule has 2 rings (SSSR count). The van der Waals surface area contributed by atoms with Gasteiger partial charge in [-0.1, -0.05) is 0 Å². The van der Waals surface area contributed by atoms with Gasteiger partial charge >= 0.3 is 5.97 Å². The highest BCUT2D eigenvalue weighted by Gasteiger charge is 2.59. The van der Waals surface area contributed by atoms with Crippen LogP contribution in [-0.4, -0.2) is 138 Å². The van der Waals surface area contributed by atoms with Crippen molar-refractivity contribution < 1.29 is 69.8 Å². The first-order chi connectivity index (χ1) is 14.9. The standard InChI is InChI=1S/C17H29NO14/c1-5(21)18-9-6(22)2-17(16(28)29,31-13(9)10(24)7(23)3-19)32-14-11(25)8(4-20)30-15(27)12(14)26/h6-15,19-20,22-27H,2-4H2,1H3,(H,18,21)(H,28,29)/t6-,7+,8+,9+,10+,11-,12+,13+,14-,15?,17+/m0/s1. The maximum Gasteiger partial charge on any atom is 0.364 e. The zero-order valence-corrected chi connectivity index (χ0v) is 17.0. The summed E-state index contributed by atoms with van der Waals surface area (Å²) in [4.78, 5) is 23.6. The minimum atomic E-state index is -2.86. The van der Waals surface area contributed by atoms with Crippen molar-refractivity contribution in [2.75, 3.05) is 13.2 Å². The monoisotopic (exact) mass is 471 g/mol. The second-order valence-electron chi connectivity index (χ2n) is 7.69. The molecule has 0 saturated carbocycles. The Morgan fingerprint density at radius 1 is 1.16 bits per heavy atom. The normalized spacial score (nSPS) is 42.2. The molecule has 2 aliphatic heterocycles. The first-order valence-corrected chi connectivity index (χ1v) is 9.70. The summed E-state index contributed by atoms with van der Waals surface area (Å²) in [6.07, 6.45) is -17.6. The zero-order chi connectivity index (χ0) is 24.4. The number of aliphatic carboxylic acids is 1. The highest BCUT2D eigenvalue weighted by atomic mass is 16.7. The number of carbonyl (C=O) groups excluding carboxylic acids is 1. The van der Waals surface area contributed by atoms with Gasteiger partial charge in [-0.2, -0.15) is 0 Å². The summed E-state index contributed by atoms with van der Waals surface area (Å²) in [5, 5.41) is 91.5. The van der Waals surface area contributed by atoms with Crippen molar-refractivity contribution in [3.05, 3.63) is 0 Å². The number of nitrogens with one attached hydrogen (secondary N) is 1. The minimum absolute atomic E-state index is 0.693. The van der Waals surface area contributed by atoms with Crippen molar-refractivity contribution >= 4 is 11.9 Å². The predicted octanol–water partition coefficient (Wildman–Crippen LogP) is -6.05. The van der Waals surface area contributed by atoms with Crippen molar-refractivity contribution in [1.82, 2.24) is 5.32 Å². The lowest BCUT2D eigenvalue weighted by Gasteiger charge is -2.49. The third-order valence-electron chi connectivity index (χ3n) is 5.35. The largest absolute Gasteiger partial charge is 0.477 e. The van der Waals surface area contributed by atoms with E-state index in [1.165, 1.54) is 0 Å². The van der Waals surface area contributed by atoms with Crippen LogP contribution in [0.3, 0.4) is 0 Å². The number of aliphatic hydroxyl groups is 8. The van der Waals surface area contributed by atoms with Crippen molar-refractivity contribution in [2.24, 2.45) is 0 Å². The van der Waals surface area contributed by atoms with Crippen LogP contribution in [0.4, 0.5) is 0 Å². The van der Waals surface area contributed by atoms with Gasteiger partial charge in [0.05, 0.1) is 25.4 Å². The molecule has 0 aromatic heterocycles. The van der Waals surface area contributed by atoms with Crippen LogP contribution in [0.25, 0.3) is 0 Å². The fourth-order valence-corrected chi connectivity index (χ4v) is 3.67. The number of amides is 1. The summed E-state index contributed by atoms with van der Waals surface area (Å²) in [6.45, 7) is -0.741. The third-order valence-corrected chi connectivity index (χ3v) is 5.35. The van der Waals surface area contributed by atoms with E-state index in [0.717, 1.165) is 6.92 Å². The molecule has 0 radical (unpaired) electrons. The maximum atomic E-state index is 12.1. The van der Waals surface area contributed by atoms with E-state index >= 15 is 0 Å². The molecule has 1 amide bonds. The Labute approximate surface area is 181 Å². The molecule has 0 aromatic rings.